The first kappa shape index (κ1) is 19.3. The Bertz CT molecular complexity index is 686. The summed E-state index contributed by atoms with van der Waals surface area (Å²) in [6.07, 6.45) is 1.05. The van der Waals surface area contributed by atoms with Crippen molar-refractivity contribution in [3.63, 3.8) is 0 Å². The summed E-state index contributed by atoms with van der Waals surface area (Å²) in [5.41, 5.74) is 7.00. The molecule has 1 heterocycles. The number of carbonyl (C=O) groups is 2. The van der Waals surface area contributed by atoms with Crippen LogP contribution in [0.5, 0.6) is 0 Å². The van der Waals surface area contributed by atoms with Crippen LogP contribution in [0.1, 0.15) is 6.42 Å². The molecule has 1 aliphatic rings. The molecule has 1 aromatic carbocycles. The van der Waals surface area contributed by atoms with Crippen LogP contribution >= 0.6 is 7.21 Å². The Labute approximate surface area is 147 Å². The van der Waals surface area contributed by atoms with Crippen LogP contribution in [-0.2, 0) is 14.2 Å². The van der Waals surface area contributed by atoms with Gasteiger partial charge in [-0.2, -0.15) is 0 Å². The number of rotatable bonds is 9. The van der Waals surface area contributed by atoms with E-state index in [1.807, 2.05) is 24.3 Å². The Hall–Kier alpha value is -1.99. The van der Waals surface area contributed by atoms with Crippen molar-refractivity contribution in [3.05, 3.63) is 36.2 Å². The summed E-state index contributed by atoms with van der Waals surface area (Å²) in [7, 11) is -1.58. The van der Waals surface area contributed by atoms with Crippen LogP contribution in [-0.4, -0.2) is 60.6 Å². The second-order valence-electron chi connectivity index (χ2n) is 6.21. The van der Waals surface area contributed by atoms with Crippen LogP contribution in [0.2, 0.25) is 0 Å². The number of anilines is 2. The SMILES string of the molecule is C=C(C(=O)N(C)CCCN)P(C)(O)(ON1c2ccccc21)N(C)C=O. The summed E-state index contributed by atoms with van der Waals surface area (Å²) in [4.78, 5) is 37.0. The molecule has 25 heavy (non-hydrogen) atoms. The Kier molecular flexibility index (Phi) is 5.20. The van der Waals surface area contributed by atoms with Crippen molar-refractivity contribution < 1.29 is 19.1 Å². The van der Waals surface area contributed by atoms with Gasteiger partial charge in [-0.15, -0.1) is 0 Å². The maximum absolute atomic E-state index is 12.7. The molecule has 8 nitrogen and oxygen atoms in total. The van der Waals surface area contributed by atoms with E-state index in [1.54, 1.807) is 7.05 Å². The van der Waals surface area contributed by atoms with Crippen LogP contribution in [0, 0.1) is 0 Å². The Morgan fingerprint density at radius 2 is 1.96 bits per heavy atom. The first-order chi connectivity index (χ1) is 11.7. The van der Waals surface area contributed by atoms with Crippen molar-refractivity contribution >= 4 is 30.9 Å². The van der Waals surface area contributed by atoms with Crippen molar-refractivity contribution in [3.8, 4) is 0 Å². The molecule has 2 rings (SSSR count). The Morgan fingerprint density at radius 3 is 2.44 bits per heavy atom. The van der Waals surface area contributed by atoms with E-state index < -0.39 is 13.1 Å². The van der Waals surface area contributed by atoms with Gasteiger partial charge < -0.3 is 0 Å². The fourth-order valence-electron chi connectivity index (χ4n) is 2.34. The van der Waals surface area contributed by atoms with E-state index in [9.17, 15) is 14.5 Å². The molecule has 3 N–H and O–H groups in total. The van der Waals surface area contributed by atoms with Crippen LogP contribution in [0.15, 0.2) is 36.2 Å². The number of nitrogens with two attached hydrogens (primary N) is 1. The van der Waals surface area contributed by atoms with E-state index in [2.05, 4.69) is 6.58 Å². The number of likely N-dealkylation sites (N-methyl/N-ethyl adjacent to an activating group) is 1. The Morgan fingerprint density at radius 1 is 1.40 bits per heavy atom. The van der Waals surface area contributed by atoms with Gasteiger partial charge in [0.25, 0.3) is 0 Å². The van der Waals surface area contributed by atoms with Crippen LogP contribution in [0.25, 0.3) is 0 Å². The van der Waals surface area contributed by atoms with Gasteiger partial charge in [0.2, 0.25) is 0 Å². The van der Waals surface area contributed by atoms with Gasteiger partial charge in [0, 0.05) is 0 Å². The number of carbonyl (C=O) groups excluding carboxylic acids is 2. The van der Waals surface area contributed by atoms with Crippen molar-refractivity contribution in [2.24, 2.45) is 5.73 Å². The number of benzene rings is 1. The van der Waals surface area contributed by atoms with Crippen molar-refractivity contribution in [2.45, 2.75) is 6.42 Å². The molecule has 0 saturated heterocycles. The van der Waals surface area contributed by atoms with Gasteiger partial charge in [-0.3, -0.25) is 0 Å². The molecule has 0 atom stereocenters. The fraction of sp³-hybridized carbons (Fsp3) is 0.375. The second-order valence-corrected chi connectivity index (χ2v) is 10.2. The van der Waals surface area contributed by atoms with E-state index in [0.29, 0.717) is 25.9 Å². The second kappa shape index (κ2) is 6.72. The standard InChI is InChI=1S/C16H25N4O4P/c1-13(16(22)18(2)11-7-10-17)25(4,23,19(3)12-21)24-20-14-8-5-6-9-15(14)20/h5-6,8-9,12,23H,1,7,10-11,17H2,2-4H3. The summed E-state index contributed by atoms with van der Waals surface area (Å²) in [6, 6.07) is 7.28. The van der Waals surface area contributed by atoms with Crippen LogP contribution < -0.4 is 10.8 Å². The maximum atomic E-state index is 12.7. The number of nitrogens with zero attached hydrogens (tertiary/aromatic N) is 3. The minimum absolute atomic E-state index is 0.155. The van der Waals surface area contributed by atoms with Crippen molar-refractivity contribution in [1.82, 2.24) is 9.57 Å². The molecule has 1 aromatic rings. The van der Waals surface area contributed by atoms with Gasteiger partial charge >= 0.3 is 147 Å². The topological polar surface area (TPSA) is 99.1 Å². The molecule has 0 aliphatic carbocycles. The summed E-state index contributed by atoms with van der Waals surface area (Å²) in [6.45, 7) is 5.98. The number of hydrogen-bond acceptors (Lipinski definition) is 6. The zero-order chi connectivity index (χ0) is 18.9. The zero-order valence-corrected chi connectivity index (χ0v) is 15.6. The molecule has 2 amide bonds. The monoisotopic (exact) mass is 368 g/mol. The third-order valence-electron chi connectivity index (χ3n) is 4.35. The molecular formula is C16H25N4O4P. The van der Waals surface area contributed by atoms with Gasteiger partial charge in [0.1, 0.15) is 0 Å². The predicted octanol–water partition coefficient (Wildman–Crippen LogP) is 1.40. The minimum atomic E-state index is -4.54. The quantitative estimate of drug-likeness (QED) is 0.296. The van der Waals surface area contributed by atoms with E-state index in [4.69, 9.17) is 10.4 Å². The molecule has 0 fully saturated rings. The number of amides is 2. The Balaban J connectivity index is 2.29. The number of hydrogen-bond donors (Lipinski definition) is 2. The van der Waals surface area contributed by atoms with Gasteiger partial charge in [0.15, 0.2) is 0 Å². The van der Waals surface area contributed by atoms with Crippen LogP contribution in [0.3, 0.4) is 0 Å². The number of fused-ring (bicyclic) bond motifs is 1. The molecule has 0 bridgehead atoms. The first-order valence-electron chi connectivity index (χ1n) is 7.85. The van der Waals surface area contributed by atoms with E-state index >= 15 is 0 Å². The first-order valence-corrected chi connectivity index (χ1v) is 10.4. The molecule has 0 aromatic heterocycles. The van der Waals surface area contributed by atoms with Crippen molar-refractivity contribution in [2.75, 3.05) is 38.9 Å². The summed E-state index contributed by atoms with van der Waals surface area (Å²) in [5.74, 6) is -0.490. The van der Waals surface area contributed by atoms with Gasteiger partial charge in [-0.05, 0) is 0 Å². The van der Waals surface area contributed by atoms with Gasteiger partial charge in [-0.25, -0.2) is 0 Å². The molecular weight excluding hydrogens is 343 g/mol. The average molecular weight is 368 g/mol. The third kappa shape index (κ3) is 3.39. The van der Waals surface area contributed by atoms with E-state index in [1.165, 1.54) is 23.7 Å². The average Bonchev–Trinajstić information content (AvgIpc) is 3.29. The molecule has 0 unspecified atom stereocenters. The molecule has 9 heteroatoms. The van der Waals surface area contributed by atoms with Gasteiger partial charge in [0.05, 0.1) is 0 Å². The van der Waals surface area contributed by atoms with Crippen LogP contribution in [0.4, 0.5) is 11.4 Å². The van der Waals surface area contributed by atoms with Gasteiger partial charge in [-0.1, -0.05) is 0 Å². The predicted molar refractivity (Wildman–Crippen MR) is 99.0 cm³/mol. The molecule has 1 aliphatic heterocycles. The third-order valence-corrected chi connectivity index (χ3v) is 7.92. The zero-order valence-electron chi connectivity index (χ0n) is 14.8. The fourth-order valence-corrected chi connectivity index (χ4v) is 4.33. The normalized spacial score (nSPS) is 14.1. The summed E-state index contributed by atoms with van der Waals surface area (Å²) < 4.78 is 6.84. The van der Waals surface area contributed by atoms with E-state index in [-0.39, 0.29) is 5.31 Å². The summed E-state index contributed by atoms with van der Waals surface area (Å²) in [5, 5.41) is 1.26. The van der Waals surface area contributed by atoms with E-state index in [0.717, 1.165) is 16.0 Å². The van der Waals surface area contributed by atoms with Crippen molar-refractivity contribution in [1.29, 1.82) is 0 Å². The molecule has 0 spiro atoms. The summed E-state index contributed by atoms with van der Waals surface area (Å²) >= 11 is 0. The molecule has 0 saturated carbocycles. The molecule has 138 valence electrons. The number of para-hydroxylation sites is 2. The molecule has 0 radical (unpaired) electrons.